The average Bonchev–Trinajstić information content (AvgIpc) is 2.54. The van der Waals surface area contributed by atoms with Gasteiger partial charge in [-0.05, 0) is 57.1 Å². The Morgan fingerprint density at radius 1 is 1.30 bits per heavy atom. The van der Waals surface area contributed by atoms with Crippen molar-refractivity contribution in [3.8, 4) is 0 Å². The highest BCUT2D eigenvalue weighted by atomic mass is 35.5. The van der Waals surface area contributed by atoms with Gasteiger partial charge in [-0.25, -0.2) is 4.98 Å². The van der Waals surface area contributed by atoms with E-state index in [1.54, 1.807) is 16.7 Å². The lowest BCUT2D eigenvalue weighted by molar-refractivity contribution is 0.174. The molecule has 0 radical (unpaired) electrons. The Labute approximate surface area is 143 Å². The molecule has 0 unspecified atom stereocenters. The van der Waals surface area contributed by atoms with Gasteiger partial charge in [0.25, 0.3) is 5.56 Å². The van der Waals surface area contributed by atoms with Gasteiger partial charge in [-0.1, -0.05) is 13.0 Å². The number of hydrogen-bond donors (Lipinski definition) is 1. The molecule has 0 amide bonds. The Hall–Kier alpha value is -1.43. The van der Waals surface area contributed by atoms with Crippen LogP contribution >= 0.6 is 12.4 Å². The summed E-state index contributed by atoms with van der Waals surface area (Å²) < 4.78 is 1.59. The zero-order valence-electron chi connectivity index (χ0n) is 13.6. The molecule has 0 bridgehead atoms. The topological polar surface area (TPSA) is 49.6 Å². The van der Waals surface area contributed by atoms with Crippen LogP contribution in [0, 0.1) is 5.92 Å². The predicted octanol–water partition coefficient (Wildman–Crippen LogP) is 1.94. The first-order valence-electron chi connectivity index (χ1n) is 8.16. The van der Waals surface area contributed by atoms with Crippen molar-refractivity contribution in [2.24, 2.45) is 5.92 Å². The molecule has 3 heterocycles. The highest BCUT2D eigenvalue weighted by Crippen LogP contribution is 2.17. The second-order valence-corrected chi connectivity index (χ2v) is 6.04. The van der Waals surface area contributed by atoms with E-state index in [0.717, 1.165) is 50.0 Å². The van der Waals surface area contributed by atoms with Crippen LogP contribution in [0.2, 0.25) is 0 Å². The van der Waals surface area contributed by atoms with Gasteiger partial charge in [0.15, 0.2) is 0 Å². The molecule has 6 heteroatoms. The Kier molecular flexibility index (Phi) is 6.57. The van der Waals surface area contributed by atoms with Crippen LogP contribution in [-0.2, 0) is 6.54 Å². The fraction of sp³-hybridized carbons (Fsp3) is 0.529. The number of aromatic nitrogens is 2. The molecule has 0 atom stereocenters. The Morgan fingerprint density at radius 2 is 2.09 bits per heavy atom. The van der Waals surface area contributed by atoms with E-state index < -0.39 is 0 Å². The van der Waals surface area contributed by atoms with E-state index in [9.17, 15) is 4.79 Å². The molecule has 23 heavy (non-hydrogen) atoms. The van der Waals surface area contributed by atoms with Crippen molar-refractivity contribution in [1.29, 1.82) is 0 Å². The van der Waals surface area contributed by atoms with Crippen molar-refractivity contribution in [1.82, 2.24) is 19.6 Å². The van der Waals surface area contributed by atoms with Crippen molar-refractivity contribution in [3.05, 3.63) is 46.5 Å². The maximum Gasteiger partial charge on any atom is 0.258 e. The summed E-state index contributed by atoms with van der Waals surface area (Å²) >= 11 is 0. The molecule has 0 aliphatic carbocycles. The number of fused-ring (bicyclic) bond motifs is 1. The maximum absolute atomic E-state index is 12.1. The molecule has 0 spiro atoms. The van der Waals surface area contributed by atoms with E-state index in [1.165, 1.54) is 12.8 Å². The first-order valence-corrected chi connectivity index (χ1v) is 8.16. The number of hydrogen-bond acceptors (Lipinski definition) is 4. The minimum Gasteiger partial charge on any atom is -0.317 e. The monoisotopic (exact) mass is 336 g/mol. The quantitative estimate of drug-likeness (QED) is 0.906. The largest absolute Gasteiger partial charge is 0.317 e. The summed E-state index contributed by atoms with van der Waals surface area (Å²) in [6.07, 6.45) is 4.21. The molecule has 2 aromatic rings. The Bertz CT molecular complexity index is 680. The summed E-state index contributed by atoms with van der Waals surface area (Å²) in [5, 5.41) is 3.44. The summed E-state index contributed by atoms with van der Waals surface area (Å²) in [4.78, 5) is 19.1. The highest BCUT2D eigenvalue weighted by molar-refractivity contribution is 5.85. The zero-order chi connectivity index (χ0) is 15.4. The van der Waals surface area contributed by atoms with E-state index in [4.69, 9.17) is 0 Å². The smallest absolute Gasteiger partial charge is 0.258 e. The number of nitrogens with zero attached hydrogens (tertiary/aromatic N) is 3. The van der Waals surface area contributed by atoms with Crippen LogP contribution in [0.1, 0.15) is 25.5 Å². The summed E-state index contributed by atoms with van der Waals surface area (Å²) in [5.74, 6) is 0.784. The molecule has 0 aromatic carbocycles. The van der Waals surface area contributed by atoms with Gasteiger partial charge in [0.2, 0.25) is 0 Å². The van der Waals surface area contributed by atoms with Crippen LogP contribution < -0.4 is 10.9 Å². The van der Waals surface area contributed by atoms with Gasteiger partial charge in [-0.15, -0.1) is 12.4 Å². The van der Waals surface area contributed by atoms with E-state index in [2.05, 4.69) is 22.1 Å². The Morgan fingerprint density at radius 3 is 2.83 bits per heavy atom. The predicted molar refractivity (Wildman–Crippen MR) is 95.3 cm³/mol. The van der Waals surface area contributed by atoms with Crippen LogP contribution in [0.4, 0.5) is 0 Å². The van der Waals surface area contributed by atoms with Gasteiger partial charge >= 0.3 is 0 Å². The second-order valence-electron chi connectivity index (χ2n) is 6.04. The summed E-state index contributed by atoms with van der Waals surface area (Å²) in [5.41, 5.74) is 1.61. The molecule has 3 rings (SSSR count). The van der Waals surface area contributed by atoms with E-state index in [0.29, 0.717) is 0 Å². The minimum atomic E-state index is 0. The van der Waals surface area contributed by atoms with Gasteiger partial charge < -0.3 is 5.32 Å². The average molecular weight is 337 g/mol. The fourth-order valence-electron chi connectivity index (χ4n) is 3.11. The molecule has 1 saturated heterocycles. The van der Waals surface area contributed by atoms with Crippen LogP contribution in [0.15, 0.2) is 35.3 Å². The molecule has 1 aliphatic heterocycles. The molecular weight excluding hydrogens is 312 g/mol. The van der Waals surface area contributed by atoms with Gasteiger partial charge in [0.1, 0.15) is 5.65 Å². The minimum absolute atomic E-state index is 0. The molecule has 0 saturated carbocycles. The first kappa shape index (κ1) is 17.9. The van der Waals surface area contributed by atoms with Crippen molar-refractivity contribution in [2.45, 2.75) is 26.3 Å². The second kappa shape index (κ2) is 8.43. The SMILES string of the molecule is CCNCC1CCN(Cc2cc(=O)n3ccccc3n2)CC1.Cl. The molecule has 1 N–H and O–H groups in total. The van der Waals surface area contributed by atoms with E-state index in [1.807, 2.05) is 18.2 Å². The number of rotatable bonds is 5. The van der Waals surface area contributed by atoms with Crippen LogP contribution in [0.25, 0.3) is 5.65 Å². The number of piperidine rings is 1. The summed E-state index contributed by atoms with van der Waals surface area (Å²) in [7, 11) is 0. The molecule has 2 aromatic heterocycles. The third-order valence-electron chi connectivity index (χ3n) is 4.40. The lowest BCUT2D eigenvalue weighted by atomic mass is 9.96. The normalized spacial score (nSPS) is 16.4. The molecule has 1 aliphatic rings. The Balaban J connectivity index is 0.00000192. The molecule has 126 valence electrons. The maximum atomic E-state index is 12.1. The highest BCUT2D eigenvalue weighted by Gasteiger charge is 2.19. The number of pyridine rings is 1. The van der Waals surface area contributed by atoms with Crippen LogP contribution in [-0.4, -0.2) is 40.5 Å². The lowest BCUT2D eigenvalue weighted by Gasteiger charge is -2.31. The van der Waals surface area contributed by atoms with Crippen molar-refractivity contribution in [3.63, 3.8) is 0 Å². The summed E-state index contributed by atoms with van der Waals surface area (Å²) in [6.45, 7) is 7.27. The molecule has 5 nitrogen and oxygen atoms in total. The standard InChI is InChI=1S/C17H24N4O.ClH/c1-2-18-12-14-6-9-20(10-7-14)13-15-11-17(22)21-8-4-3-5-16(21)19-15;/h3-5,8,11,14,18H,2,6-7,9-10,12-13H2,1H3;1H. The van der Waals surface area contributed by atoms with Crippen molar-refractivity contribution >= 4 is 18.1 Å². The number of nitrogens with one attached hydrogen (secondary N) is 1. The van der Waals surface area contributed by atoms with Gasteiger partial charge in [-0.3, -0.25) is 14.1 Å². The van der Waals surface area contributed by atoms with Gasteiger partial charge in [-0.2, -0.15) is 0 Å². The first-order chi connectivity index (χ1) is 10.8. The molecular formula is C17H25ClN4O. The molecule has 1 fully saturated rings. The van der Waals surface area contributed by atoms with Crippen molar-refractivity contribution in [2.75, 3.05) is 26.2 Å². The summed E-state index contributed by atoms with van der Waals surface area (Å²) in [6, 6.07) is 7.31. The fourth-order valence-corrected chi connectivity index (χ4v) is 3.11. The third-order valence-corrected chi connectivity index (χ3v) is 4.40. The number of likely N-dealkylation sites (tertiary alicyclic amines) is 1. The van der Waals surface area contributed by atoms with Gasteiger partial charge in [0.05, 0.1) is 5.69 Å². The lowest BCUT2D eigenvalue weighted by Crippen LogP contribution is -2.37. The van der Waals surface area contributed by atoms with E-state index >= 15 is 0 Å². The van der Waals surface area contributed by atoms with Crippen LogP contribution in [0.5, 0.6) is 0 Å². The number of halogens is 1. The zero-order valence-corrected chi connectivity index (χ0v) is 14.4. The van der Waals surface area contributed by atoms with E-state index in [-0.39, 0.29) is 18.0 Å². The third kappa shape index (κ3) is 4.53. The van der Waals surface area contributed by atoms with Crippen LogP contribution in [0.3, 0.4) is 0 Å². The van der Waals surface area contributed by atoms with Gasteiger partial charge in [0, 0.05) is 18.8 Å². The van der Waals surface area contributed by atoms with Crippen molar-refractivity contribution < 1.29 is 0 Å².